The third kappa shape index (κ3) is 4.37. The molecule has 0 aromatic carbocycles. The van der Waals surface area contributed by atoms with E-state index in [0.29, 0.717) is 5.92 Å². The molecule has 0 radical (unpaired) electrons. The number of nitrogens with zero attached hydrogens (tertiary/aromatic N) is 1. The van der Waals surface area contributed by atoms with Gasteiger partial charge in [-0.2, -0.15) is 0 Å². The largest absolute Gasteiger partial charge is 0.409 e. The zero-order valence-electron chi connectivity index (χ0n) is 9.89. The minimum absolute atomic E-state index is 0.0548. The van der Waals surface area contributed by atoms with Crippen LogP contribution in [0.2, 0.25) is 0 Å². The van der Waals surface area contributed by atoms with Crippen molar-refractivity contribution in [2.45, 2.75) is 38.7 Å². The summed E-state index contributed by atoms with van der Waals surface area (Å²) in [5.74, 6) is 0.980. The summed E-state index contributed by atoms with van der Waals surface area (Å²) in [4.78, 5) is 0. The summed E-state index contributed by atoms with van der Waals surface area (Å²) in [7, 11) is 0. The Labute approximate surface area is 96.7 Å². The first-order valence-corrected chi connectivity index (χ1v) is 5.99. The van der Waals surface area contributed by atoms with Gasteiger partial charge >= 0.3 is 0 Å². The van der Waals surface area contributed by atoms with Crippen molar-refractivity contribution in [3.05, 3.63) is 0 Å². The fourth-order valence-corrected chi connectivity index (χ4v) is 2.06. The second kappa shape index (κ2) is 6.70. The van der Waals surface area contributed by atoms with Crippen LogP contribution in [0, 0.1) is 11.8 Å². The molecule has 94 valence electrons. The number of hydrogen-bond donors (Lipinski definition) is 4. The molecule has 1 atom stereocenters. The lowest BCUT2D eigenvalue weighted by molar-refractivity contribution is 0.108. The van der Waals surface area contributed by atoms with Crippen molar-refractivity contribution >= 4 is 5.84 Å². The molecule has 16 heavy (non-hydrogen) atoms. The molecule has 0 saturated heterocycles. The summed E-state index contributed by atoms with van der Waals surface area (Å²) < 4.78 is 0. The highest BCUT2D eigenvalue weighted by atomic mass is 16.4. The van der Waals surface area contributed by atoms with Gasteiger partial charge in [0.05, 0.1) is 6.10 Å². The number of hydrogen-bond acceptors (Lipinski definition) is 4. The van der Waals surface area contributed by atoms with Gasteiger partial charge in [0.15, 0.2) is 0 Å². The van der Waals surface area contributed by atoms with Gasteiger partial charge in [-0.05, 0) is 38.1 Å². The molecule has 5 N–H and O–H groups in total. The van der Waals surface area contributed by atoms with Crippen LogP contribution in [0.15, 0.2) is 5.16 Å². The van der Waals surface area contributed by atoms with Gasteiger partial charge in [0.2, 0.25) is 0 Å². The second-order valence-corrected chi connectivity index (χ2v) is 4.76. The lowest BCUT2D eigenvalue weighted by atomic mass is 9.87. The molecule has 0 aromatic rings. The first-order valence-electron chi connectivity index (χ1n) is 5.99. The minimum Gasteiger partial charge on any atom is -0.409 e. The van der Waals surface area contributed by atoms with Crippen molar-refractivity contribution < 1.29 is 10.3 Å². The van der Waals surface area contributed by atoms with E-state index in [9.17, 15) is 5.11 Å². The zero-order valence-corrected chi connectivity index (χ0v) is 9.89. The Morgan fingerprint density at radius 3 is 2.62 bits per heavy atom. The first-order chi connectivity index (χ1) is 7.63. The fourth-order valence-electron chi connectivity index (χ4n) is 2.06. The molecule has 0 amide bonds. The number of nitrogens with one attached hydrogen (secondary N) is 1. The Balaban J connectivity index is 2.11. The van der Waals surface area contributed by atoms with Gasteiger partial charge in [-0.3, -0.25) is 0 Å². The fraction of sp³-hybridized carbons (Fsp3) is 0.909. The lowest BCUT2D eigenvalue weighted by Crippen LogP contribution is -2.35. The predicted molar refractivity (Wildman–Crippen MR) is 63.4 cm³/mol. The van der Waals surface area contributed by atoms with Gasteiger partial charge < -0.3 is 21.4 Å². The Hall–Kier alpha value is -0.810. The highest BCUT2D eigenvalue weighted by Crippen LogP contribution is 2.23. The second-order valence-electron chi connectivity index (χ2n) is 4.76. The van der Waals surface area contributed by atoms with Crippen LogP contribution < -0.4 is 11.1 Å². The van der Waals surface area contributed by atoms with Gasteiger partial charge in [-0.15, -0.1) is 0 Å². The van der Waals surface area contributed by atoms with Crippen molar-refractivity contribution in [1.29, 1.82) is 0 Å². The quantitative estimate of drug-likeness (QED) is 0.239. The molecule has 5 heteroatoms. The SMILES string of the molecule is CC(CNCC1CCC(O)CC1)C(N)=NO. The monoisotopic (exact) mass is 229 g/mol. The van der Waals surface area contributed by atoms with Gasteiger partial charge in [0.25, 0.3) is 0 Å². The average molecular weight is 229 g/mol. The van der Waals surface area contributed by atoms with Crippen LogP contribution in [0.3, 0.4) is 0 Å². The molecule has 0 heterocycles. The van der Waals surface area contributed by atoms with Crippen molar-refractivity contribution in [2.75, 3.05) is 13.1 Å². The van der Waals surface area contributed by atoms with Crippen molar-refractivity contribution in [3.8, 4) is 0 Å². The molecular formula is C11H23N3O2. The molecule has 0 aromatic heterocycles. The number of aliphatic hydroxyl groups is 1. The Morgan fingerprint density at radius 2 is 2.06 bits per heavy atom. The van der Waals surface area contributed by atoms with Crippen molar-refractivity contribution in [1.82, 2.24) is 5.32 Å². The summed E-state index contributed by atoms with van der Waals surface area (Å²) in [6.45, 7) is 3.61. The standard InChI is InChI=1S/C11H23N3O2/c1-8(11(12)14-16)6-13-7-9-2-4-10(15)5-3-9/h8-10,13,15-16H,2-7H2,1H3,(H2,12,14). The molecule has 1 fully saturated rings. The summed E-state index contributed by atoms with van der Waals surface area (Å²) >= 11 is 0. The smallest absolute Gasteiger partial charge is 0.143 e. The topological polar surface area (TPSA) is 90.9 Å². The third-order valence-corrected chi connectivity index (χ3v) is 3.32. The molecule has 5 nitrogen and oxygen atoms in total. The van der Waals surface area contributed by atoms with Crippen molar-refractivity contribution in [3.63, 3.8) is 0 Å². The van der Waals surface area contributed by atoms with E-state index in [2.05, 4.69) is 10.5 Å². The van der Waals surface area contributed by atoms with E-state index in [0.717, 1.165) is 38.8 Å². The third-order valence-electron chi connectivity index (χ3n) is 3.32. The molecule has 1 aliphatic carbocycles. The summed E-state index contributed by atoms with van der Waals surface area (Å²) in [6.07, 6.45) is 3.93. The summed E-state index contributed by atoms with van der Waals surface area (Å²) in [5.41, 5.74) is 5.48. The van der Waals surface area contributed by atoms with Gasteiger partial charge in [0.1, 0.15) is 5.84 Å². The minimum atomic E-state index is -0.0904. The molecule has 1 unspecified atom stereocenters. The highest BCUT2D eigenvalue weighted by Gasteiger charge is 2.19. The molecule has 0 aliphatic heterocycles. The maximum Gasteiger partial charge on any atom is 0.143 e. The normalized spacial score (nSPS) is 29.0. The number of rotatable bonds is 5. The predicted octanol–water partition coefficient (Wildman–Crippen LogP) is 0.510. The summed E-state index contributed by atoms with van der Waals surface area (Å²) in [6, 6.07) is 0. The van der Waals surface area contributed by atoms with Crippen LogP contribution in [0.25, 0.3) is 0 Å². The van der Waals surface area contributed by atoms with Gasteiger partial charge in [0, 0.05) is 12.5 Å². The molecule has 0 bridgehead atoms. The lowest BCUT2D eigenvalue weighted by Gasteiger charge is -2.26. The number of aliphatic hydroxyl groups excluding tert-OH is 1. The first kappa shape index (κ1) is 13.3. The average Bonchev–Trinajstić information content (AvgIpc) is 2.30. The Bertz CT molecular complexity index is 225. The molecule has 0 spiro atoms. The van der Waals surface area contributed by atoms with E-state index < -0.39 is 0 Å². The van der Waals surface area contributed by atoms with Gasteiger partial charge in [-0.25, -0.2) is 0 Å². The van der Waals surface area contributed by atoms with E-state index in [-0.39, 0.29) is 17.9 Å². The van der Waals surface area contributed by atoms with Crippen LogP contribution >= 0.6 is 0 Å². The van der Waals surface area contributed by atoms with Crippen LogP contribution in [0.4, 0.5) is 0 Å². The van der Waals surface area contributed by atoms with Crippen molar-refractivity contribution in [2.24, 2.45) is 22.7 Å². The highest BCUT2D eigenvalue weighted by molar-refractivity contribution is 5.82. The van der Waals surface area contributed by atoms with E-state index >= 15 is 0 Å². The number of oxime groups is 1. The van der Waals surface area contributed by atoms with Crippen LogP contribution in [0.5, 0.6) is 0 Å². The summed E-state index contributed by atoms with van der Waals surface area (Å²) in [5, 5.41) is 24.2. The van der Waals surface area contributed by atoms with Crippen LogP contribution in [-0.2, 0) is 0 Å². The van der Waals surface area contributed by atoms with Crippen LogP contribution in [-0.4, -0.2) is 35.3 Å². The molecule has 1 saturated carbocycles. The molecule has 1 aliphatic rings. The van der Waals surface area contributed by atoms with Crippen LogP contribution in [0.1, 0.15) is 32.6 Å². The van der Waals surface area contributed by atoms with E-state index in [1.165, 1.54) is 0 Å². The molecule has 1 rings (SSSR count). The Morgan fingerprint density at radius 1 is 1.44 bits per heavy atom. The van der Waals surface area contributed by atoms with E-state index in [4.69, 9.17) is 10.9 Å². The maximum atomic E-state index is 9.36. The van der Waals surface area contributed by atoms with E-state index in [1.54, 1.807) is 0 Å². The zero-order chi connectivity index (χ0) is 12.0. The number of nitrogens with two attached hydrogens (primary N) is 1. The van der Waals surface area contributed by atoms with E-state index in [1.807, 2.05) is 6.92 Å². The van der Waals surface area contributed by atoms with Gasteiger partial charge in [-0.1, -0.05) is 12.1 Å². The molecular weight excluding hydrogens is 206 g/mol. The number of amidine groups is 1. The maximum absolute atomic E-state index is 9.36. The Kier molecular flexibility index (Phi) is 5.55.